The molecule has 0 radical (unpaired) electrons. The van der Waals surface area contributed by atoms with Crippen molar-refractivity contribution < 1.29 is 5.11 Å². The van der Waals surface area contributed by atoms with Crippen molar-refractivity contribution in [1.29, 1.82) is 0 Å². The normalized spacial score (nSPS) is 11.9. The molecular formula is C11H14OS. The largest absolute Gasteiger partial charge is 0.388 e. The molecule has 1 atom stereocenters. The van der Waals surface area contributed by atoms with Gasteiger partial charge >= 0.3 is 0 Å². The Morgan fingerprint density at radius 1 is 1.54 bits per heavy atom. The Balaban J connectivity index is 2.52. The van der Waals surface area contributed by atoms with Crippen LogP contribution in [0.4, 0.5) is 0 Å². The Hall–Kier alpha value is -0.780. The molecule has 0 aliphatic carbocycles. The Labute approximate surface area is 83.4 Å². The Morgan fingerprint density at radius 2 is 2.31 bits per heavy atom. The average molecular weight is 194 g/mol. The molecule has 0 aliphatic heterocycles. The van der Waals surface area contributed by atoms with Crippen LogP contribution in [0.1, 0.15) is 37.0 Å². The second kappa shape index (κ2) is 5.06. The van der Waals surface area contributed by atoms with Crippen molar-refractivity contribution in [2.75, 3.05) is 0 Å². The summed E-state index contributed by atoms with van der Waals surface area (Å²) in [4.78, 5) is 0. The summed E-state index contributed by atoms with van der Waals surface area (Å²) in [6.07, 6.45) is 1.16. The van der Waals surface area contributed by atoms with Gasteiger partial charge < -0.3 is 5.11 Å². The molecule has 1 aromatic heterocycles. The van der Waals surface area contributed by atoms with Crippen molar-refractivity contribution in [3.05, 3.63) is 21.9 Å². The summed E-state index contributed by atoms with van der Waals surface area (Å²) in [7, 11) is 0. The lowest BCUT2D eigenvalue weighted by atomic mass is 10.1. The first-order chi connectivity index (χ1) is 6.25. The molecule has 1 rings (SSSR count). The summed E-state index contributed by atoms with van der Waals surface area (Å²) >= 11 is 1.64. The predicted molar refractivity (Wildman–Crippen MR) is 56.7 cm³/mol. The van der Waals surface area contributed by atoms with Gasteiger partial charge in [-0.05, 0) is 42.2 Å². The Bertz CT molecular complexity index is 316. The number of rotatable bonds is 3. The van der Waals surface area contributed by atoms with E-state index in [0.29, 0.717) is 0 Å². The zero-order valence-corrected chi connectivity index (χ0v) is 8.82. The van der Waals surface area contributed by atoms with E-state index in [-0.39, 0.29) is 6.10 Å². The molecule has 1 aromatic rings. The van der Waals surface area contributed by atoms with E-state index in [1.807, 2.05) is 19.2 Å². The van der Waals surface area contributed by atoms with E-state index < -0.39 is 0 Å². The lowest BCUT2D eigenvalue weighted by molar-refractivity contribution is 0.169. The van der Waals surface area contributed by atoms with Crippen LogP contribution in [-0.4, -0.2) is 5.11 Å². The van der Waals surface area contributed by atoms with Crippen molar-refractivity contribution in [2.24, 2.45) is 0 Å². The van der Waals surface area contributed by atoms with Gasteiger partial charge in [-0.1, -0.05) is 0 Å². The molecule has 0 saturated carbocycles. The summed E-state index contributed by atoms with van der Waals surface area (Å²) < 4.78 is 0. The molecule has 1 N–H and O–H groups in total. The zero-order chi connectivity index (χ0) is 9.68. The molecule has 0 aromatic carbocycles. The Kier molecular flexibility index (Phi) is 4.01. The van der Waals surface area contributed by atoms with Gasteiger partial charge in [0.25, 0.3) is 0 Å². The molecule has 0 fully saturated rings. The molecule has 70 valence electrons. The molecule has 0 aliphatic rings. The van der Waals surface area contributed by atoms with E-state index in [4.69, 9.17) is 0 Å². The first-order valence-corrected chi connectivity index (χ1v) is 5.30. The van der Waals surface area contributed by atoms with Gasteiger partial charge in [-0.2, -0.15) is 11.3 Å². The van der Waals surface area contributed by atoms with Gasteiger partial charge in [-0.3, -0.25) is 0 Å². The van der Waals surface area contributed by atoms with E-state index in [1.54, 1.807) is 11.3 Å². The van der Waals surface area contributed by atoms with Crippen LogP contribution in [0.2, 0.25) is 0 Å². The third-order valence-electron chi connectivity index (χ3n) is 1.97. The Morgan fingerprint density at radius 3 is 2.85 bits per heavy atom. The highest BCUT2D eigenvalue weighted by Gasteiger charge is 2.09. The van der Waals surface area contributed by atoms with E-state index in [9.17, 15) is 5.11 Å². The second-order valence-electron chi connectivity index (χ2n) is 2.99. The summed E-state index contributed by atoms with van der Waals surface area (Å²) in [5.74, 6) is 5.78. The van der Waals surface area contributed by atoms with Crippen molar-refractivity contribution >= 4 is 11.3 Å². The molecule has 1 nitrogen and oxygen atoms in total. The van der Waals surface area contributed by atoms with Crippen molar-refractivity contribution in [1.82, 2.24) is 0 Å². The lowest BCUT2D eigenvalue weighted by Gasteiger charge is -2.07. The van der Waals surface area contributed by atoms with Gasteiger partial charge in [-0.15, -0.1) is 11.8 Å². The molecule has 13 heavy (non-hydrogen) atoms. The van der Waals surface area contributed by atoms with Crippen molar-refractivity contribution in [3.63, 3.8) is 0 Å². The maximum absolute atomic E-state index is 9.76. The fourth-order valence-corrected chi connectivity index (χ4v) is 2.10. The molecule has 1 unspecified atom stereocenters. The third kappa shape index (κ3) is 2.87. The van der Waals surface area contributed by atoms with Gasteiger partial charge in [0.15, 0.2) is 0 Å². The van der Waals surface area contributed by atoms with Crippen LogP contribution in [0.15, 0.2) is 10.8 Å². The van der Waals surface area contributed by atoms with Gasteiger partial charge in [0.05, 0.1) is 6.10 Å². The molecule has 0 spiro atoms. The minimum absolute atomic E-state index is 0.341. The highest BCUT2D eigenvalue weighted by Crippen LogP contribution is 2.24. The minimum Gasteiger partial charge on any atom is -0.388 e. The predicted octanol–water partition coefficient (Wildman–Crippen LogP) is 2.89. The summed E-state index contributed by atoms with van der Waals surface area (Å²) in [5.41, 5.74) is 2.24. The first-order valence-electron chi connectivity index (χ1n) is 4.36. The van der Waals surface area contributed by atoms with Crippen LogP contribution >= 0.6 is 11.3 Å². The topological polar surface area (TPSA) is 20.2 Å². The maximum Gasteiger partial charge on any atom is 0.0809 e. The SMILES string of the molecule is CC#CCCC(O)c1cscc1C. The van der Waals surface area contributed by atoms with Gasteiger partial charge in [-0.25, -0.2) is 0 Å². The number of thiophene rings is 1. The molecule has 0 amide bonds. The van der Waals surface area contributed by atoms with Crippen LogP contribution in [0.25, 0.3) is 0 Å². The standard InChI is InChI=1S/C11H14OS/c1-3-4-5-6-11(12)10-8-13-7-9(10)2/h7-8,11-12H,5-6H2,1-2H3. The van der Waals surface area contributed by atoms with Crippen molar-refractivity contribution in [2.45, 2.75) is 32.8 Å². The number of aliphatic hydroxyl groups excluding tert-OH is 1. The van der Waals surface area contributed by atoms with E-state index >= 15 is 0 Å². The summed E-state index contributed by atoms with van der Waals surface area (Å²) in [6.45, 7) is 3.85. The fraction of sp³-hybridized carbons (Fsp3) is 0.455. The monoisotopic (exact) mass is 194 g/mol. The number of hydrogen-bond acceptors (Lipinski definition) is 2. The van der Waals surface area contributed by atoms with Crippen LogP contribution in [0.5, 0.6) is 0 Å². The van der Waals surface area contributed by atoms with Crippen molar-refractivity contribution in [3.8, 4) is 11.8 Å². The number of aliphatic hydroxyl groups is 1. The highest BCUT2D eigenvalue weighted by atomic mass is 32.1. The van der Waals surface area contributed by atoms with E-state index in [1.165, 1.54) is 5.56 Å². The molecule has 0 saturated heterocycles. The van der Waals surface area contributed by atoms with Crippen LogP contribution in [0.3, 0.4) is 0 Å². The van der Waals surface area contributed by atoms with E-state index in [0.717, 1.165) is 18.4 Å². The van der Waals surface area contributed by atoms with Crippen LogP contribution in [0, 0.1) is 18.8 Å². The van der Waals surface area contributed by atoms with Crippen LogP contribution < -0.4 is 0 Å². The molecule has 1 heterocycles. The summed E-state index contributed by atoms with van der Waals surface area (Å²) in [5, 5.41) is 13.8. The zero-order valence-electron chi connectivity index (χ0n) is 8.00. The molecule has 2 heteroatoms. The highest BCUT2D eigenvalue weighted by molar-refractivity contribution is 7.08. The summed E-state index contributed by atoms with van der Waals surface area (Å²) in [6, 6.07) is 0. The fourth-order valence-electron chi connectivity index (χ4n) is 1.20. The second-order valence-corrected chi connectivity index (χ2v) is 3.73. The van der Waals surface area contributed by atoms with Gasteiger partial charge in [0.2, 0.25) is 0 Å². The smallest absolute Gasteiger partial charge is 0.0809 e. The third-order valence-corrected chi connectivity index (χ3v) is 2.85. The molecule has 0 bridgehead atoms. The average Bonchev–Trinajstić information content (AvgIpc) is 2.52. The van der Waals surface area contributed by atoms with Crippen LogP contribution in [-0.2, 0) is 0 Å². The quantitative estimate of drug-likeness (QED) is 0.733. The van der Waals surface area contributed by atoms with E-state index in [2.05, 4.69) is 17.2 Å². The van der Waals surface area contributed by atoms with Gasteiger partial charge in [0, 0.05) is 6.42 Å². The van der Waals surface area contributed by atoms with Gasteiger partial charge in [0.1, 0.15) is 0 Å². The number of aryl methyl sites for hydroxylation is 1. The number of hydrogen-bond donors (Lipinski definition) is 1. The maximum atomic E-state index is 9.76. The molecular weight excluding hydrogens is 180 g/mol. The lowest BCUT2D eigenvalue weighted by Crippen LogP contribution is -1.96. The minimum atomic E-state index is -0.341. The first kappa shape index (κ1) is 10.3.